The van der Waals surface area contributed by atoms with Crippen molar-refractivity contribution in [1.29, 1.82) is 0 Å². The molecule has 5 rings (SSSR count). The molecule has 0 aliphatic carbocycles. The van der Waals surface area contributed by atoms with Crippen LogP contribution in [0, 0.1) is 0 Å². The molecule has 3 heterocycles. The Labute approximate surface area is 261 Å². The monoisotopic (exact) mass is 616 g/mol. The smallest absolute Gasteiger partial charge is 0.265 e. The highest BCUT2D eigenvalue weighted by atomic mass is 32.1. The second-order valence-electron chi connectivity index (χ2n) is 11.4. The van der Waals surface area contributed by atoms with Crippen molar-refractivity contribution in [2.45, 2.75) is 59.9 Å². The van der Waals surface area contributed by atoms with Crippen molar-refractivity contribution < 1.29 is 13.6 Å². The Morgan fingerprint density at radius 2 is 1.80 bits per heavy atom. The lowest BCUT2D eigenvalue weighted by molar-refractivity contribution is 0.0654. The third kappa shape index (κ3) is 6.16. The highest BCUT2D eigenvalue weighted by Gasteiger charge is 2.30. The zero-order valence-corrected chi connectivity index (χ0v) is 26.6. The zero-order chi connectivity index (χ0) is 31.5. The molecule has 2 aromatic carbocycles. The van der Waals surface area contributed by atoms with Gasteiger partial charge in [0.05, 0.1) is 28.2 Å². The van der Waals surface area contributed by atoms with Gasteiger partial charge in [0, 0.05) is 42.2 Å². The molecule has 1 aliphatic heterocycles. The number of nitrogens with zero attached hydrogens (tertiary/aromatic N) is 3. The minimum atomic E-state index is -2.55. The predicted octanol–water partition coefficient (Wildman–Crippen LogP) is 7.55. The molecule has 0 spiro atoms. The number of rotatable bonds is 8. The highest BCUT2D eigenvalue weighted by Crippen LogP contribution is 2.32. The van der Waals surface area contributed by atoms with E-state index in [0.717, 1.165) is 22.4 Å². The summed E-state index contributed by atoms with van der Waals surface area (Å²) in [5.41, 5.74) is 6.06. The van der Waals surface area contributed by atoms with Crippen LogP contribution in [0.1, 0.15) is 73.8 Å². The number of alkyl halides is 2. The predicted molar refractivity (Wildman–Crippen MR) is 175 cm³/mol. The summed E-state index contributed by atoms with van der Waals surface area (Å²) in [5.74, 6) is -0.132. The summed E-state index contributed by atoms with van der Waals surface area (Å²) in [4.78, 5) is 35.7. The van der Waals surface area contributed by atoms with Crippen molar-refractivity contribution >= 4 is 23.3 Å². The van der Waals surface area contributed by atoms with Gasteiger partial charge in [-0.3, -0.25) is 14.2 Å². The number of allylic oxidation sites excluding steroid dienone is 1. The maximum Gasteiger partial charge on any atom is 0.265 e. The largest absolute Gasteiger partial charge is 0.333 e. The molecule has 1 fully saturated rings. The minimum absolute atomic E-state index is 0.0172. The van der Waals surface area contributed by atoms with E-state index in [1.165, 1.54) is 23.5 Å². The van der Waals surface area contributed by atoms with Gasteiger partial charge in [-0.15, -0.1) is 11.3 Å². The van der Waals surface area contributed by atoms with Crippen LogP contribution in [0.25, 0.3) is 33.6 Å². The quantitative estimate of drug-likeness (QED) is 0.222. The first-order chi connectivity index (χ1) is 21.1. The lowest BCUT2D eigenvalue weighted by Gasteiger charge is -2.34. The van der Waals surface area contributed by atoms with Gasteiger partial charge in [0.15, 0.2) is 0 Å². The van der Waals surface area contributed by atoms with Gasteiger partial charge in [0.1, 0.15) is 5.01 Å². The lowest BCUT2D eigenvalue weighted by Crippen LogP contribution is -2.52. The third-order valence-corrected chi connectivity index (χ3v) is 8.91. The summed E-state index contributed by atoms with van der Waals surface area (Å²) in [5, 5.41) is 5.63. The summed E-state index contributed by atoms with van der Waals surface area (Å²) < 4.78 is 28.0. The molecule has 2 aromatic heterocycles. The van der Waals surface area contributed by atoms with E-state index in [2.05, 4.69) is 19.2 Å². The van der Waals surface area contributed by atoms with E-state index in [-0.39, 0.29) is 23.1 Å². The van der Waals surface area contributed by atoms with Gasteiger partial charge in [-0.05, 0) is 56.9 Å². The Balaban J connectivity index is 1.79. The van der Waals surface area contributed by atoms with Crippen LogP contribution >= 0.6 is 11.3 Å². The fraction of sp³-hybridized carbons (Fsp3) is 0.343. The molecule has 0 bridgehead atoms. The SMILES string of the molecule is CCc1cccc(CC)c1-n1c(C=C(C)C)c(C(=O)N2CCNC[C@H]2C)cc(-c2nc(-c3ccc(C(F)F)cc3)cs2)c1=O. The molecular formula is C35H38F2N4O2S. The molecule has 6 nitrogen and oxygen atoms in total. The first kappa shape index (κ1) is 31.5. The maximum atomic E-state index is 14.7. The number of aromatic nitrogens is 2. The van der Waals surface area contributed by atoms with Gasteiger partial charge in [-0.25, -0.2) is 13.8 Å². The molecule has 0 radical (unpaired) electrons. The van der Waals surface area contributed by atoms with E-state index in [4.69, 9.17) is 4.98 Å². The standard InChI is InChI=1S/C35H38F2N4O2S/c1-6-23-9-8-10-24(7-2)31(23)41-30(17-21(3)4)27(34(42)40-16-15-38-19-22(40)5)18-28(35(41)43)33-39-29(20-44-33)25-11-13-26(14-12-25)32(36)37/h8-14,17-18,20,22,32,38H,6-7,15-16,19H2,1-5H3/t22-/m1/s1. The number of aryl methyl sites for hydroxylation is 2. The molecular weight excluding hydrogens is 578 g/mol. The van der Waals surface area contributed by atoms with Crippen molar-refractivity contribution in [3.05, 3.63) is 97.8 Å². The fourth-order valence-corrected chi connectivity index (χ4v) is 6.56. The average Bonchev–Trinajstić information content (AvgIpc) is 3.51. The minimum Gasteiger partial charge on any atom is -0.333 e. The van der Waals surface area contributed by atoms with Gasteiger partial charge in [0.25, 0.3) is 17.9 Å². The number of thiazole rings is 1. The Morgan fingerprint density at radius 3 is 2.39 bits per heavy atom. The van der Waals surface area contributed by atoms with Crippen molar-refractivity contribution in [2.75, 3.05) is 19.6 Å². The molecule has 0 unspecified atom stereocenters. The highest BCUT2D eigenvalue weighted by molar-refractivity contribution is 7.13. The second-order valence-corrected chi connectivity index (χ2v) is 12.2. The summed E-state index contributed by atoms with van der Waals surface area (Å²) >= 11 is 1.30. The number of carbonyl (C=O) groups is 1. The summed E-state index contributed by atoms with van der Waals surface area (Å²) in [7, 11) is 0. The normalized spacial score (nSPS) is 15.1. The van der Waals surface area contributed by atoms with Gasteiger partial charge in [-0.2, -0.15) is 0 Å². The fourth-order valence-electron chi connectivity index (χ4n) is 5.72. The van der Waals surface area contributed by atoms with Crippen LogP contribution in [0.5, 0.6) is 0 Å². The molecule has 1 N–H and O–H groups in total. The van der Waals surface area contributed by atoms with Crippen molar-refractivity contribution in [3.8, 4) is 27.5 Å². The van der Waals surface area contributed by atoms with E-state index in [0.29, 0.717) is 65.6 Å². The first-order valence-corrected chi connectivity index (χ1v) is 15.9. The molecule has 44 heavy (non-hydrogen) atoms. The molecule has 1 aliphatic rings. The van der Waals surface area contributed by atoms with Crippen LogP contribution in [-0.4, -0.2) is 46.0 Å². The number of nitrogens with one attached hydrogen (secondary N) is 1. The van der Waals surface area contributed by atoms with Gasteiger partial charge in [0.2, 0.25) is 0 Å². The van der Waals surface area contributed by atoms with Crippen LogP contribution in [-0.2, 0) is 12.8 Å². The lowest BCUT2D eigenvalue weighted by atomic mass is 9.99. The Morgan fingerprint density at radius 1 is 1.11 bits per heavy atom. The topological polar surface area (TPSA) is 67.2 Å². The van der Waals surface area contributed by atoms with E-state index >= 15 is 0 Å². The number of hydrogen-bond acceptors (Lipinski definition) is 5. The van der Waals surface area contributed by atoms with Gasteiger partial charge < -0.3 is 10.2 Å². The van der Waals surface area contributed by atoms with E-state index in [1.807, 2.05) is 55.3 Å². The molecule has 1 atom stereocenters. The Bertz CT molecular complexity index is 1730. The van der Waals surface area contributed by atoms with Crippen molar-refractivity contribution in [2.24, 2.45) is 0 Å². The number of halogens is 2. The molecule has 1 saturated heterocycles. The van der Waals surface area contributed by atoms with Crippen molar-refractivity contribution in [1.82, 2.24) is 19.8 Å². The number of carbonyl (C=O) groups excluding carboxylic acids is 1. The zero-order valence-electron chi connectivity index (χ0n) is 25.8. The molecule has 4 aromatic rings. The third-order valence-electron chi connectivity index (χ3n) is 8.04. The number of piperazine rings is 1. The number of amides is 1. The number of para-hydroxylation sites is 1. The number of pyridine rings is 1. The molecule has 0 saturated carbocycles. The molecule has 1 amide bonds. The van der Waals surface area contributed by atoms with Crippen LogP contribution in [0.15, 0.2) is 64.3 Å². The van der Waals surface area contributed by atoms with Gasteiger partial charge >= 0.3 is 0 Å². The summed E-state index contributed by atoms with van der Waals surface area (Å²) in [6, 6.07) is 13.8. The van der Waals surface area contributed by atoms with Crippen LogP contribution < -0.4 is 10.9 Å². The van der Waals surface area contributed by atoms with E-state index in [9.17, 15) is 18.4 Å². The van der Waals surface area contributed by atoms with Crippen LogP contribution in [0.4, 0.5) is 8.78 Å². The second kappa shape index (κ2) is 13.4. The molecule has 9 heteroatoms. The Hall–Kier alpha value is -3.95. The maximum absolute atomic E-state index is 14.7. The average molecular weight is 617 g/mol. The first-order valence-electron chi connectivity index (χ1n) is 15.1. The summed E-state index contributed by atoms with van der Waals surface area (Å²) in [6.45, 7) is 12.0. The van der Waals surface area contributed by atoms with E-state index < -0.39 is 6.43 Å². The van der Waals surface area contributed by atoms with Gasteiger partial charge in [-0.1, -0.05) is 61.9 Å². The van der Waals surface area contributed by atoms with Crippen molar-refractivity contribution in [3.63, 3.8) is 0 Å². The van der Waals surface area contributed by atoms with Crippen LogP contribution in [0.2, 0.25) is 0 Å². The summed E-state index contributed by atoms with van der Waals surface area (Å²) in [6.07, 6.45) is 0.792. The number of benzene rings is 2. The van der Waals surface area contributed by atoms with E-state index in [1.54, 1.807) is 22.8 Å². The molecule has 230 valence electrons. The van der Waals surface area contributed by atoms with Crippen LogP contribution in [0.3, 0.4) is 0 Å². The number of hydrogen-bond donors (Lipinski definition) is 1. The Kier molecular flexibility index (Phi) is 9.56.